The number of unbranched alkanes of at least 4 members (excludes halogenated alkanes) is 3. The Hall–Kier alpha value is -3.05. The van der Waals surface area contributed by atoms with Gasteiger partial charge in [-0.1, -0.05) is 62.8 Å². The summed E-state index contributed by atoms with van der Waals surface area (Å²) >= 11 is 0. The summed E-state index contributed by atoms with van der Waals surface area (Å²) in [5.74, 6) is 0.219. The van der Waals surface area contributed by atoms with E-state index in [0.29, 0.717) is 18.1 Å². The number of rotatable bonds is 14. The van der Waals surface area contributed by atoms with Crippen molar-refractivity contribution in [2.24, 2.45) is 0 Å². The van der Waals surface area contributed by atoms with Crippen LogP contribution in [0.15, 0.2) is 61.3 Å². The van der Waals surface area contributed by atoms with Gasteiger partial charge in [-0.2, -0.15) is 0 Å². The summed E-state index contributed by atoms with van der Waals surface area (Å²) < 4.78 is 26.0. The summed E-state index contributed by atoms with van der Waals surface area (Å²) in [4.78, 5) is 8.86. The molecule has 0 aliphatic carbocycles. The lowest BCUT2D eigenvalue weighted by Gasteiger charge is -2.12. The smallest absolute Gasteiger partial charge is 0.233 e. The van der Waals surface area contributed by atoms with Gasteiger partial charge in [-0.25, -0.2) is 14.4 Å². The maximum atomic E-state index is 14.7. The van der Waals surface area contributed by atoms with E-state index in [-0.39, 0.29) is 11.9 Å². The molecule has 0 aliphatic heterocycles. The van der Waals surface area contributed by atoms with Crippen LogP contribution in [0.25, 0.3) is 28.2 Å². The van der Waals surface area contributed by atoms with E-state index in [4.69, 9.17) is 9.47 Å². The molecule has 1 aromatic heterocycles. The zero-order valence-electron chi connectivity index (χ0n) is 20.3. The summed E-state index contributed by atoms with van der Waals surface area (Å²) in [6, 6.07) is 11.0. The van der Waals surface area contributed by atoms with Crippen LogP contribution in [-0.4, -0.2) is 29.3 Å². The van der Waals surface area contributed by atoms with E-state index in [2.05, 4.69) is 30.4 Å². The van der Waals surface area contributed by atoms with Gasteiger partial charge >= 0.3 is 0 Å². The van der Waals surface area contributed by atoms with E-state index in [1.807, 2.05) is 42.5 Å². The van der Waals surface area contributed by atoms with Gasteiger partial charge in [0.25, 0.3) is 0 Å². The highest BCUT2D eigenvalue weighted by atomic mass is 19.1. The SMILES string of the molecule is C=CCOc1cnc2cc(-c3ccc(/C=C/CCCC(C)OCCCCC)c(F)c3)ccc2n1. The number of fused-ring (bicyclic) bond motifs is 1. The molecule has 0 aliphatic rings. The molecule has 3 aromatic rings. The molecule has 0 saturated carbocycles. The van der Waals surface area contributed by atoms with Crippen molar-refractivity contribution in [2.75, 3.05) is 13.2 Å². The fourth-order valence-corrected chi connectivity index (χ4v) is 3.68. The summed E-state index contributed by atoms with van der Waals surface area (Å²) in [6.07, 6.45) is 14.0. The molecular formula is C29H35FN2O2. The van der Waals surface area contributed by atoms with Crippen molar-refractivity contribution in [3.8, 4) is 17.0 Å². The molecule has 4 nitrogen and oxygen atoms in total. The molecule has 0 fully saturated rings. The van der Waals surface area contributed by atoms with Crippen LogP contribution in [0.1, 0.15) is 57.9 Å². The first-order valence-electron chi connectivity index (χ1n) is 12.2. The van der Waals surface area contributed by atoms with E-state index in [1.54, 1.807) is 18.3 Å². The number of hydrogen-bond acceptors (Lipinski definition) is 4. The average Bonchev–Trinajstić information content (AvgIpc) is 2.85. The van der Waals surface area contributed by atoms with Crippen LogP contribution in [0, 0.1) is 5.82 Å². The summed E-state index contributed by atoms with van der Waals surface area (Å²) in [7, 11) is 0. The van der Waals surface area contributed by atoms with Crippen molar-refractivity contribution in [1.29, 1.82) is 0 Å². The molecule has 0 spiro atoms. The van der Waals surface area contributed by atoms with Crippen molar-refractivity contribution in [2.45, 2.75) is 58.5 Å². The molecule has 0 N–H and O–H groups in total. The number of benzene rings is 2. The van der Waals surface area contributed by atoms with Crippen LogP contribution in [0.4, 0.5) is 4.39 Å². The third-order valence-corrected chi connectivity index (χ3v) is 5.63. The number of ether oxygens (including phenoxy) is 2. The monoisotopic (exact) mass is 462 g/mol. The average molecular weight is 463 g/mol. The molecule has 0 bridgehead atoms. The van der Waals surface area contributed by atoms with Crippen LogP contribution < -0.4 is 4.74 Å². The number of nitrogens with zero attached hydrogens (tertiary/aromatic N) is 2. The van der Waals surface area contributed by atoms with Crippen molar-refractivity contribution >= 4 is 17.1 Å². The van der Waals surface area contributed by atoms with Crippen molar-refractivity contribution in [3.05, 3.63) is 72.7 Å². The van der Waals surface area contributed by atoms with Crippen molar-refractivity contribution in [1.82, 2.24) is 9.97 Å². The first-order chi connectivity index (χ1) is 16.6. The molecule has 2 aromatic carbocycles. The normalized spacial score (nSPS) is 12.3. The Morgan fingerprint density at radius 2 is 1.88 bits per heavy atom. The van der Waals surface area contributed by atoms with Crippen LogP contribution in [0.2, 0.25) is 0 Å². The van der Waals surface area contributed by atoms with E-state index in [1.165, 1.54) is 12.8 Å². The zero-order valence-corrected chi connectivity index (χ0v) is 20.3. The quantitative estimate of drug-likeness (QED) is 0.181. The fourth-order valence-electron chi connectivity index (χ4n) is 3.68. The second kappa shape index (κ2) is 13.6. The Morgan fingerprint density at radius 3 is 2.68 bits per heavy atom. The highest BCUT2D eigenvalue weighted by molar-refractivity contribution is 5.81. The Balaban J connectivity index is 1.55. The van der Waals surface area contributed by atoms with Gasteiger partial charge in [-0.15, -0.1) is 0 Å². The molecule has 1 unspecified atom stereocenters. The fraction of sp³-hybridized carbons (Fsp3) is 0.379. The van der Waals surface area contributed by atoms with Gasteiger partial charge in [0.2, 0.25) is 5.88 Å². The van der Waals surface area contributed by atoms with E-state index in [0.717, 1.165) is 54.5 Å². The minimum Gasteiger partial charge on any atom is -0.472 e. The third-order valence-electron chi connectivity index (χ3n) is 5.63. The lowest BCUT2D eigenvalue weighted by molar-refractivity contribution is 0.0566. The Labute approximate surface area is 202 Å². The van der Waals surface area contributed by atoms with Gasteiger partial charge in [-0.3, -0.25) is 0 Å². The molecule has 0 saturated heterocycles. The van der Waals surface area contributed by atoms with Gasteiger partial charge in [0.1, 0.15) is 12.4 Å². The van der Waals surface area contributed by atoms with Crippen LogP contribution in [0.5, 0.6) is 5.88 Å². The maximum absolute atomic E-state index is 14.7. The standard InChI is InChI=1S/C29H35FN2O2/c1-4-6-10-18-33-22(3)11-8-7-9-12-23-13-14-24(19-26(23)30)25-15-16-27-28(20-25)31-21-29(32-27)34-17-5-2/h5,9,12-16,19-22H,2,4,6-8,10-11,17-18H2,1,3H3/b12-9+. The molecule has 34 heavy (non-hydrogen) atoms. The summed E-state index contributed by atoms with van der Waals surface area (Å²) in [5.41, 5.74) is 3.75. The van der Waals surface area contributed by atoms with E-state index in [9.17, 15) is 4.39 Å². The number of halogens is 1. The number of aromatic nitrogens is 2. The molecule has 1 atom stereocenters. The maximum Gasteiger partial charge on any atom is 0.233 e. The Bertz CT molecular complexity index is 1100. The Morgan fingerprint density at radius 1 is 1.06 bits per heavy atom. The van der Waals surface area contributed by atoms with Gasteiger partial charge in [0.15, 0.2) is 0 Å². The zero-order chi connectivity index (χ0) is 24.2. The third kappa shape index (κ3) is 7.77. The second-order valence-corrected chi connectivity index (χ2v) is 8.47. The van der Waals surface area contributed by atoms with Crippen molar-refractivity contribution < 1.29 is 13.9 Å². The topological polar surface area (TPSA) is 44.2 Å². The second-order valence-electron chi connectivity index (χ2n) is 8.47. The predicted octanol–water partition coefficient (Wildman–Crippen LogP) is 7.78. The summed E-state index contributed by atoms with van der Waals surface area (Å²) in [5, 5.41) is 0. The number of hydrogen-bond donors (Lipinski definition) is 0. The van der Waals surface area contributed by atoms with Gasteiger partial charge < -0.3 is 9.47 Å². The summed E-state index contributed by atoms with van der Waals surface area (Å²) in [6.45, 7) is 9.18. The highest BCUT2D eigenvalue weighted by Gasteiger charge is 2.07. The first-order valence-corrected chi connectivity index (χ1v) is 12.2. The lowest BCUT2D eigenvalue weighted by atomic mass is 10.0. The molecule has 1 heterocycles. The Kier molecular flexibility index (Phi) is 10.2. The lowest BCUT2D eigenvalue weighted by Crippen LogP contribution is -2.08. The predicted molar refractivity (Wildman–Crippen MR) is 138 cm³/mol. The van der Waals surface area contributed by atoms with Gasteiger partial charge in [0, 0.05) is 12.2 Å². The first kappa shape index (κ1) is 25.6. The molecular weight excluding hydrogens is 427 g/mol. The van der Waals surface area contributed by atoms with Crippen LogP contribution in [-0.2, 0) is 4.74 Å². The van der Waals surface area contributed by atoms with Crippen molar-refractivity contribution in [3.63, 3.8) is 0 Å². The van der Waals surface area contributed by atoms with Crippen LogP contribution in [0.3, 0.4) is 0 Å². The molecule has 0 amide bonds. The minimum atomic E-state index is -0.235. The number of allylic oxidation sites excluding steroid dienone is 1. The minimum absolute atomic E-state index is 0.235. The van der Waals surface area contributed by atoms with Crippen LogP contribution >= 0.6 is 0 Å². The van der Waals surface area contributed by atoms with E-state index >= 15 is 0 Å². The molecule has 5 heteroatoms. The van der Waals surface area contributed by atoms with Gasteiger partial charge in [-0.05, 0) is 61.9 Å². The highest BCUT2D eigenvalue weighted by Crippen LogP contribution is 2.26. The molecule has 0 radical (unpaired) electrons. The largest absolute Gasteiger partial charge is 0.472 e. The molecule has 180 valence electrons. The molecule has 3 rings (SSSR count). The van der Waals surface area contributed by atoms with Gasteiger partial charge in [0.05, 0.1) is 23.3 Å². The van der Waals surface area contributed by atoms with E-state index < -0.39 is 0 Å².